The highest BCUT2D eigenvalue weighted by atomic mass is 16.3. The topological polar surface area (TPSA) is 103 Å². The van der Waals surface area contributed by atoms with Crippen LogP contribution < -0.4 is 10.6 Å². The molecule has 1 heterocycles. The van der Waals surface area contributed by atoms with E-state index in [4.69, 9.17) is 0 Å². The van der Waals surface area contributed by atoms with Crippen LogP contribution in [0.1, 0.15) is 26.1 Å². The Hall–Kier alpha value is -2.41. The first-order chi connectivity index (χ1) is 10.9. The fourth-order valence-corrected chi connectivity index (χ4v) is 2.32. The number of aryl methyl sites for hydroxylation is 1. The third kappa shape index (κ3) is 5.37. The van der Waals surface area contributed by atoms with E-state index in [-0.39, 0.29) is 18.1 Å². The molecule has 0 radical (unpaired) electrons. The summed E-state index contributed by atoms with van der Waals surface area (Å²) in [4.78, 5) is 16.2. The molecule has 4 N–H and O–H groups in total. The third-order valence-electron chi connectivity index (χ3n) is 3.33. The fourth-order valence-electron chi connectivity index (χ4n) is 2.32. The highest BCUT2D eigenvalue weighted by Crippen LogP contribution is 2.19. The molecular weight excluding hydrogens is 294 g/mol. The van der Waals surface area contributed by atoms with Gasteiger partial charge in [0, 0.05) is 17.8 Å². The van der Waals surface area contributed by atoms with Crippen molar-refractivity contribution in [2.75, 3.05) is 11.9 Å². The molecule has 0 saturated carbocycles. The maximum absolute atomic E-state index is 11.9. The Balaban J connectivity index is 1.91. The van der Waals surface area contributed by atoms with Gasteiger partial charge in [-0.1, -0.05) is 19.1 Å². The summed E-state index contributed by atoms with van der Waals surface area (Å²) in [6, 6.07) is 7.08. The Morgan fingerprint density at radius 2 is 2.17 bits per heavy atom. The zero-order chi connectivity index (χ0) is 16.8. The molecule has 2 rings (SSSR count). The summed E-state index contributed by atoms with van der Waals surface area (Å²) in [6.45, 7) is 6.07. The fraction of sp³-hybridized carbons (Fsp3) is 0.438. The van der Waals surface area contributed by atoms with E-state index in [9.17, 15) is 9.90 Å². The maximum Gasteiger partial charge on any atom is 0.319 e. The minimum Gasteiger partial charge on any atom is -0.393 e. The van der Waals surface area contributed by atoms with Gasteiger partial charge in [0.2, 0.25) is 0 Å². The van der Waals surface area contributed by atoms with Gasteiger partial charge in [-0.25, -0.2) is 9.78 Å². The van der Waals surface area contributed by atoms with Gasteiger partial charge in [0.25, 0.3) is 0 Å². The number of hydrogen-bond donors (Lipinski definition) is 4. The third-order valence-corrected chi connectivity index (χ3v) is 3.33. The lowest BCUT2D eigenvalue weighted by atomic mass is 10.1. The monoisotopic (exact) mass is 317 g/mol. The number of aliphatic hydroxyl groups is 1. The Bertz CT molecular complexity index is 653. The van der Waals surface area contributed by atoms with Gasteiger partial charge in [-0.2, -0.15) is 5.10 Å². The highest BCUT2D eigenvalue weighted by molar-refractivity contribution is 5.89. The van der Waals surface area contributed by atoms with E-state index in [1.807, 2.05) is 38.1 Å². The largest absolute Gasteiger partial charge is 0.393 e. The summed E-state index contributed by atoms with van der Waals surface area (Å²) in [7, 11) is 0. The zero-order valence-electron chi connectivity index (χ0n) is 13.6. The van der Waals surface area contributed by atoms with Crippen molar-refractivity contribution in [1.82, 2.24) is 20.5 Å². The second kappa shape index (κ2) is 7.73. The molecule has 0 bridgehead atoms. The molecule has 0 aliphatic heterocycles. The maximum atomic E-state index is 11.9. The second-order valence-corrected chi connectivity index (χ2v) is 5.85. The van der Waals surface area contributed by atoms with Crippen molar-refractivity contribution in [3.8, 4) is 11.4 Å². The van der Waals surface area contributed by atoms with E-state index in [1.54, 1.807) is 6.92 Å². The molecule has 2 unspecified atom stereocenters. The molecule has 0 fully saturated rings. The van der Waals surface area contributed by atoms with Crippen LogP contribution in [0.3, 0.4) is 0 Å². The van der Waals surface area contributed by atoms with Crippen LogP contribution in [0.4, 0.5) is 10.5 Å². The van der Waals surface area contributed by atoms with Gasteiger partial charge in [0.15, 0.2) is 5.82 Å². The lowest BCUT2D eigenvalue weighted by Crippen LogP contribution is -2.33. The van der Waals surface area contributed by atoms with Crippen molar-refractivity contribution in [2.45, 2.75) is 33.3 Å². The Morgan fingerprint density at radius 3 is 2.83 bits per heavy atom. The standard InChI is InChI=1S/C16H23N5O2/c1-10(7-11(2)22)9-17-16(23)19-14-6-4-5-13(8-14)15-18-12(3)20-21-15/h4-6,8,10-11,22H,7,9H2,1-3H3,(H2,17,19,23)(H,18,20,21). The Morgan fingerprint density at radius 1 is 1.39 bits per heavy atom. The number of aromatic amines is 1. The number of benzene rings is 1. The van der Waals surface area contributed by atoms with E-state index in [0.29, 0.717) is 24.5 Å². The predicted molar refractivity (Wildman–Crippen MR) is 89.0 cm³/mol. The molecule has 0 spiro atoms. The minimum atomic E-state index is -0.364. The highest BCUT2D eigenvalue weighted by Gasteiger charge is 2.09. The number of nitrogens with one attached hydrogen (secondary N) is 3. The van der Waals surface area contributed by atoms with E-state index in [0.717, 1.165) is 11.4 Å². The number of carbonyl (C=O) groups is 1. The Kier molecular flexibility index (Phi) is 5.70. The minimum absolute atomic E-state index is 0.211. The number of rotatable bonds is 6. The quantitative estimate of drug-likeness (QED) is 0.656. The number of anilines is 1. The van der Waals surface area contributed by atoms with Crippen LogP contribution in [0.5, 0.6) is 0 Å². The lowest BCUT2D eigenvalue weighted by molar-refractivity contribution is 0.163. The van der Waals surface area contributed by atoms with Crippen LogP contribution in [-0.2, 0) is 0 Å². The zero-order valence-corrected chi connectivity index (χ0v) is 13.6. The molecule has 2 amide bonds. The summed E-state index contributed by atoms with van der Waals surface area (Å²) < 4.78 is 0. The second-order valence-electron chi connectivity index (χ2n) is 5.85. The number of H-pyrrole nitrogens is 1. The van der Waals surface area contributed by atoms with Crippen LogP contribution in [-0.4, -0.2) is 39.0 Å². The van der Waals surface area contributed by atoms with Crippen LogP contribution in [0, 0.1) is 12.8 Å². The van der Waals surface area contributed by atoms with Gasteiger partial charge < -0.3 is 15.7 Å². The number of carbonyl (C=O) groups excluding carboxylic acids is 1. The number of amides is 2. The smallest absolute Gasteiger partial charge is 0.319 e. The molecule has 0 aliphatic rings. The molecular formula is C16H23N5O2. The first-order valence-electron chi connectivity index (χ1n) is 7.66. The summed E-state index contributed by atoms with van der Waals surface area (Å²) in [5.74, 6) is 1.55. The van der Waals surface area contributed by atoms with Crippen LogP contribution in [0.2, 0.25) is 0 Å². The van der Waals surface area contributed by atoms with E-state index in [2.05, 4.69) is 25.8 Å². The van der Waals surface area contributed by atoms with Crippen molar-refractivity contribution in [1.29, 1.82) is 0 Å². The molecule has 0 aliphatic carbocycles. The number of aliphatic hydroxyl groups excluding tert-OH is 1. The average molecular weight is 317 g/mol. The summed E-state index contributed by atoms with van der Waals surface area (Å²) in [5.41, 5.74) is 1.50. The van der Waals surface area contributed by atoms with E-state index >= 15 is 0 Å². The molecule has 23 heavy (non-hydrogen) atoms. The van der Waals surface area contributed by atoms with Crippen molar-refractivity contribution >= 4 is 11.7 Å². The van der Waals surface area contributed by atoms with Gasteiger partial charge >= 0.3 is 6.03 Å². The van der Waals surface area contributed by atoms with Crippen molar-refractivity contribution < 1.29 is 9.90 Å². The molecule has 2 atom stereocenters. The average Bonchev–Trinajstić information content (AvgIpc) is 2.91. The lowest BCUT2D eigenvalue weighted by Gasteiger charge is -2.14. The van der Waals surface area contributed by atoms with Crippen LogP contribution >= 0.6 is 0 Å². The molecule has 7 nitrogen and oxygen atoms in total. The van der Waals surface area contributed by atoms with Gasteiger partial charge in [-0.05, 0) is 38.3 Å². The van der Waals surface area contributed by atoms with E-state index < -0.39 is 0 Å². The molecule has 1 aromatic carbocycles. The van der Waals surface area contributed by atoms with Gasteiger partial charge in [-0.15, -0.1) is 0 Å². The Labute approximate surface area is 135 Å². The van der Waals surface area contributed by atoms with Crippen molar-refractivity contribution in [3.05, 3.63) is 30.1 Å². The number of urea groups is 1. The number of aromatic nitrogens is 3. The van der Waals surface area contributed by atoms with Crippen LogP contribution in [0.25, 0.3) is 11.4 Å². The van der Waals surface area contributed by atoms with E-state index in [1.165, 1.54) is 0 Å². The number of hydrogen-bond acceptors (Lipinski definition) is 4. The van der Waals surface area contributed by atoms with Gasteiger partial charge in [-0.3, -0.25) is 5.10 Å². The molecule has 2 aromatic rings. The summed E-state index contributed by atoms with van der Waals surface area (Å²) in [6.07, 6.45) is 0.288. The predicted octanol–water partition coefficient (Wildman–Crippen LogP) is 2.31. The normalized spacial score (nSPS) is 13.4. The molecule has 0 saturated heterocycles. The molecule has 7 heteroatoms. The van der Waals surface area contributed by atoms with Crippen molar-refractivity contribution in [3.63, 3.8) is 0 Å². The number of nitrogens with zero attached hydrogens (tertiary/aromatic N) is 2. The SMILES string of the molecule is Cc1nc(-c2cccc(NC(=O)NCC(C)CC(C)O)c2)n[nH]1. The summed E-state index contributed by atoms with van der Waals surface area (Å²) >= 11 is 0. The van der Waals surface area contributed by atoms with Gasteiger partial charge in [0.05, 0.1) is 6.10 Å². The first-order valence-corrected chi connectivity index (χ1v) is 7.66. The molecule has 124 valence electrons. The first kappa shape index (κ1) is 17.0. The molecule has 1 aromatic heterocycles. The summed E-state index contributed by atoms with van der Waals surface area (Å²) in [5, 5.41) is 21.8. The van der Waals surface area contributed by atoms with Gasteiger partial charge in [0.1, 0.15) is 5.82 Å². The van der Waals surface area contributed by atoms with Crippen LogP contribution in [0.15, 0.2) is 24.3 Å². The van der Waals surface area contributed by atoms with Crippen molar-refractivity contribution in [2.24, 2.45) is 5.92 Å².